The fourth-order valence-electron chi connectivity index (χ4n) is 1.19. The first-order chi connectivity index (χ1) is 7.25. The average Bonchev–Trinajstić information content (AvgIpc) is 2.25. The van der Waals surface area contributed by atoms with Crippen LogP contribution in [0.3, 0.4) is 0 Å². The largest absolute Gasteiger partial charge is 0.507 e. The van der Waals surface area contributed by atoms with Crippen molar-refractivity contribution in [3.63, 3.8) is 0 Å². The Labute approximate surface area is 93.6 Å². The summed E-state index contributed by atoms with van der Waals surface area (Å²) < 4.78 is 5.55. The lowest BCUT2D eigenvalue weighted by Crippen LogP contribution is -1.83. The number of para-hydroxylation sites is 1. The predicted molar refractivity (Wildman–Crippen MR) is 61.9 cm³/mol. The van der Waals surface area contributed by atoms with Crippen LogP contribution in [0.4, 0.5) is 0 Å². The zero-order valence-electron chi connectivity index (χ0n) is 7.92. The van der Waals surface area contributed by atoms with Crippen molar-refractivity contribution < 1.29 is 9.84 Å². The van der Waals surface area contributed by atoms with Crippen LogP contribution < -0.4 is 4.74 Å². The molecule has 0 spiro atoms. The molecule has 2 nitrogen and oxygen atoms in total. The zero-order valence-corrected chi connectivity index (χ0v) is 8.82. The molecule has 0 bridgehead atoms. The van der Waals surface area contributed by atoms with Crippen LogP contribution in [0, 0.1) is 0 Å². The summed E-state index contributed by atoms with van der Waals surface area (Å²) in [4.78, 5) is 0.503. The van der Waals surface area contributed by atoms with Gasteiger partial charge in [-0.1, -0.05) is 18.2 Å². The minimum Gasteiger partial charge on any atom is -0.507 e. The summed E-state index contributed by atoms with van der Waals surface area (Å²) in [6.07, 6.45) is 0. The highest BCUT2D eigenvalue weighted by atomic mass is 32.1. The van der Waals surface area contributed by atoms with Crippen LogP contribution in [0.5, 0.6) is 17.2 Å². The highest BCUT2D eigenvalue weighted by molar-refractivity contribution is 7.80. The Bertz CT molecular complexity index is 454. The van der Waals surface area contributed by atoms with E-state index in [1.807, 2.05) is 30.3 Å². The van der Waals surface area contributed by atoms with Crippen LogP contribution in [0.15, 0.2) is 53.4 Å². The number of aromatic hydroxyl groups is 1. The lowest BCUT2D eigenvalue weighted by molar-refractivity contribution is 0.452. The smallest absolute Gasteiger partial charge is 0.129 e. The van der Waals surface area contributed by atoms with Gasteiger partial charge in [-0.3, -0.25) is 0 Å². The van der Waals surface area contributed by atoms with Crippen LogP contribution in [-0.4, -0.2) is 5.11 Å². The van der Waals surface area contributed by atoms with E-state index in [0.717, 1.165) is 5.75 Å². The molecule has 0 radical (unpaired) electrons. The molecule has 0 fully saturated rings. The van der Waals surface area contributed by atoms with Gasteiger partial charge in [-0.15, -0.1) is 12.6 Å². The van der Waals surface area contributed by atoms with E-state index in [1.165, 1.54) is 0 Å². The molecule has 0 aliphatic carbocycles. The summed E-state index contributed by atoms with van der Waals surface area (Å²) in [6, 6.07) is 14.4. The average molecular weight is 218 g/mol. The Hall–Kier alpha value is -1.61. The van der Waals surface area contributed by atoms with E-state index in [4.69, 9.17) is 4.74 Å². The summed E-state index contributed by atoms with van der Waals surface area (Å²) in [5.74, 6) is 1.57. The maximum absolute atomic E-state index is 9.28. The molecule has 76 valence electrons. The SMILES string of the molecule is Oc1ccc(Oc2ccccc2)cc1S. The van der Waals surface area contributed by atoms with Crippen molar-refractivity contribution in [3.8, 4) is 17.2 Å². The monoisotopic (exact) mass is 218 g/mol. The fourth-order valence-corrected chi connectivity index (χ4v) is 1.39. The second-order valence-electron chi connectivity index (χ2n) is 3.07. The molecule has 15 heavy (non-hydrogen) atoms. The number of hydrogen-bond acceptors (Lipinski definition) is 3. The number of phenols is 1. The molecule has 0 saturated heterocycles. The molecule has 2 aromatic carbocycles. The molecule has 3 heteroatoms. The van der Waals surface area contributed by atoms with Gasteiger partial charge in [0.05, 0.1) is 0 Å². The minimum atomic E-state index is 0.152. The highest BCUT2D eigenvalue weighted by Gasteiger charge is 2.00. The second kappa shape index (κ2) is 4.28. The van der Waals surface area contributed by atoms with Gasteiger partial charge in [0.15, 0.2) is 0 Å². The first-order valence-electron chi connectivity index (χ1n) is 4.50. The summed E-state index contributed by atoms with van der Waals surface area (Å²) in [7, 11) is 0. The van der Waals surface area contributed by atoms with Crippen LogP contribution >= 0.6 is 12.6 Å². The second-order valence-corrected chi connectivity index (χ2v) is 3.55. The fraction of sp³-hybridized carbons (Fsp3) is 0. The highest BCUT2D eigenvalue weighted by Crippen LogP contribution is 2.28. The van der Waals surface area contributed by atoms with E-state index in [2.05, 4.69) is 12.6 Å². The van der Waals surface area contributed by atoms with Gasteiger partial charge >= 0.3 is 0 Å². The Balaban J connectivity index is 2.22. The van der Waals surface area contributed by atoms with Crippen molar-refractivity contribution >= 4 is 12.6 Å². The topological polar surface area (TPSA) is 29.5 Å². The van der Waals surface area contributed by atoms with Crippen LogP contribution in [-0.2, 0) is 0 Å². The summed E-state index contributed by atoms with van der Waals surface area (Å²) in [6.45, 7) is 0. The van der Waals surface area contributed by atoms with Crippen LogP contribution in [0.2, 0.25) is 0 Å². The molecular weight excluding hydrogens is 208 g/mol. The van der Waals surface area contributed by atoms with Gasteiger partial charge in [0.2, 0.25) is 0 Å². The van der Waals surface area contributed by atoms with Crippen molar-refractivity contribution in [2.24, 2.45) is 0 Å². The van der Waals surface area contributed by atoms with E-state index in [0.29, 0.717) is 10.6 Å². The van der Waals surface area contributed by atoms with Gasteiger partial charge in [-0.25, -0.2) is 0 Å². The van der Waals surface area contributed by atoms with Crippen molar-refractivity contribution in [1.82, 2.24) is 0 Å². The first-order valence-corrected chi connectivity index (χ1v) is 4.95. The van der Waals surface area contributed by atoms with Crippen LogP contribution in [0.25, 0.3) is 0 Å². The van der Waals surface area contributed by atoms with Crippen molar-refractivity contribution in [2.75, 3.05) is 0 Å². The van der Waals surface area contributed by atoms with Crippen LogP contribution in [0.1, 0.15) is 0 Å². The maximum atomic E-state index is 9.28. The third-order valence-electron chi connectivity index (χ3n) is 1.93. The zero-order chi connectivity index (χ0) is 10.7. The van der Waals surface area contributed by atoms with Gasteiger partial charge in [0.1, 0.15) is 17.2 Å². The number of thiol groups is 1. The molecule has 0 atom stereocenters. The molecule has 0 aliphatic heterocycles. The summed E-state index contributed by atoms with van der Waals surface area (Å²) in [5.41, 5.74) is 0. The molecule has 0 amide bonds. The number of benzene rings is 2. The molecule has 2 rings (SSSR count). The van der Waals surface area contributed by atoms with Gasteiger partial charge in [0, 0.05) is 4.90 Å². The van der Waals surface area contributed by atoms with E-state index in [-0.39, 0.29) is 5.75 Å². The lowest BCUT2D eigenvalue weighted by atomic mass is 10.3. The van der Waals surface area contributed by atoms with Crippen molar-refractivity contribution in [3.05, 3.63) is 48.5 Å². The van der Waals surface area contributed by atoms with E-state index in [9.17, 15) is 5.11 Å². The van der Waals surface area contributed by atoms with E-state index >= 15 is 0 Å². The molecule has 0 saturated carbocycles. The first kappa shape index (κ1) is 9.93. The molecule has 0 aromatic heterocycles. The Kier molecular flexibility index (Phi) is 2.83. The third-order valence-corrected chi connectivity index (χ3v) is 2.28. The van der Waals surface area contributed by atoms with Crippen molar-refractivity contribution in [1.29, 1.82) is 0 Å². The number of ether oxygens (including phenoxy) is 1. The maximum Gasteiger partial charge on any atom is 0.129 e. The minimum absolute atomic E-state index is 0.152. The Morgan fingerprint density at radius 1 is 0.933 bits per heavy atom. The van der Waals surface area contributed by atoms with Gasteiger partial charge in [-0.2, -0.15) is 0 Å². The molecule has 0 aliphatic rings. The molecular formula is C12H10O2S. The quantitative estimate of drug-likeness (QED) is 0.756. The molecule has 2 aromatic rings. The van der Waals surface area contributed by atoms with Gasteiger partial charge in [-0.05, 0) is 30.3 Å². The summed E-state index contributed by atoms with van der Waals surface area (Å²) >= 11 is 4.10. The number of phenolic OH excluding ortho intramolecular Hbond substituents is 1. The van der Waals surface area contributed by atoms with Gasteiger partial charge < -0.3 is 9.84 Å². The summed E-state index contributed by atoms with van der Waals surface area (Å²) in [5, 5.41) is 9.28. The number of hydrogen-bond donors (Lipinski definition) is 2. The molecule has 1 N–H and O–H groups in total. The standard InChI is InChI=1S/C12H10O2S/c13-11-7-6-10(8-12(11)15)14-9-4-2-1-3-5-9/h1-8,13,15H. The molecule has 0 unspecified atom stereocenters. The van der Waals surface area contributed by atoms with E-state index in [1.54, 1.807) is 18.2 Å². The third kappa shape index (κ3) is 2.44. The number of rotatable bonds is 2. The van der Waals surface area contributed by atoms with Gasteiger partial charge in [0.25, 0.3) is 0 Å². The normalized spacial score (nSPS) is 9.93. The molecule has 0 heterocycles. The lowest BCUT2D eigenvalue weighted by Gasteiger charge is -2.06. The predicted octanol–water partition coefficient (Wildman–Crippen LogP) is 3.47. The van der Waals surface area contributed by atoms with Crippen molar-refractivity contribution in [2.45, 2.75) is 4.90 Å². The Morgan fingerprint density at radius 2 is 1.67 bits per heavy atom. The Morgan fingerprint density at radius 3 is 2.33 bits per heavy atom. The van der Waals surface area contributed by atoms with E-state index < -0.39 is 0 Å².